The molecule has 0 bridgehead atoms. The molecule has 0 aromatic carbocycles. The topological polar surface area (TPSA) is 87.5 Å². The lowest BCUT2D eigenvalue weighted by atomic mass is 10.0. The van der Waals surface area contributed by atoms with E-state index in [4.69, 9.17) is 5.73 Å². The largest absolute Gasteiger partial charge is 0.355 e. The molecule has 1 saturated heterocycles. The van der Waals surface area contributed by atoms with Crippen molar-refractivity contribution in [1.29, 1.82) is 0 Å². The highest BCUT2D eigenvalue weighted by atomic mass is 35.5. The summed E-state index contributed by atoms with van der Waals surface area (Å²) in [6, 6.07) is -0.264. The number of piperidine rings is 1. The number of nitrogens with two attached hydrogens (primary N) is 1. The van der Waals surface area contributed by atoms with Gasteiger partial charge in [-0.3, -0.25) is 14.5 Å². The molecular formula is C15H31ClN4O2. The van der Waals surface area contributed by atoms with Crippen molar-refractivity contribution in [3.8, 4) is 0 Å². The van der Waals surface area contributed by atoms with Crippen LogP contribution >= 0.6 is 12.4 Å². The summed E-state index contributed by atoms with van der Waals surface area (Å²) in [5, 5.41) is 5.90. The van der Waals surface area contributed by atoms with Crippen LogP contribution in [0.4, 0.5) is 0 Å². The molecule has 0 spiro atoms. The van der Waals surface area contributed by atoms with Crippen LogP contribution in [0, 0.1) is 5.92 Å². The van der Waals surface area contributed by atoms with Crippen molar-refractivity contribution < 1.29 is 9.59 Å². The van der Waals surface area contributed by atoms with Gasteiger partial charge in [-0.2, -0.15) is 0 Å². The van der Waals surface area contributed by atoms with Gasteiger partial charge in [0.1, 0.15) is 0 Å². The van der Waals surface area contributed by atoms with Crippen LogP contribution in [-0.2, 0) is 9.59 Å². The molecule has 1 atom stereocenters. The number of carbonyl (C=O) groups excluding carboxylic acids is 2. The van der Waals surface area contributed by atoms with E-state index in [1.54, 1.807) is 0 Å². The summed E-state index contributed by atoms with van der Waals surface area (Å²) in [6.07, 6.45) is 2.70. The molecule has 0 saturated carbocycles. The number of hydrogen-bond acceptors (Lipinski definition) is 4. The Morgan fingerprint density at radius 1 is 1.27 bits per heavy atom. The van der Waals surface area contributed by atoms with Gasteiger partial charge in [0.2, 0.25) is 11.8 Å². The van der Waals surface area contributed by atoms with Crippen LogP contribution in [-0.4, -0.2) is 55.0 Å². The second-order valence-corrected chi connectivity index (χ2v) is 6.18. The van der Waals surface area contributed by atoms with Crippen molar-refractivity contribution >= 4 is 24.2 Å². The van der Waals surface area contributed by atoms with Gasteiger partial charge < -0.3 is 16.4 Å². The first-order chi connectivity index (χ1) is 9.93. The Hall–Kier alpha value is -0.850. The van der Waals surface area contributed by atoms with E-state index in [1.165, 1.54) is 0 Å². The van der Waals surface area contributed by atoms with Gasteiger partial charge in [0, 0.05) is 25.7 Å². The summed E-state index contributed by atoms with van der Waals surface area (Å²) in [6.45, 7) is 8.79. The highest BCUT2D eigenvalue weighted by Crippen LogP contribution is 2.10. The maximum absolute atomic E-state index is 11.9. The monoisotopic (exact) mass is 334 g/mol. The average molecular weight is 335 g/mol. The quantitative estimate of drug-likeness (QED) is 0.632. The van der Waals surface area contributed by atoms with Gasteiger partial charge >= 0.3 is 0 Å². The number of hydrogen-bond donors (Lipinski definition) is 3. The van der Waals surface area contributed by atoms with Gasteiger partial charge in [0.05, 0.1) is 12.6 Å². The predicted octanol–water partition coefficient (Wildman–Crippen LogP) is 0.498. The van der Waals surface area contributed by atoms with Gasteiger partial charge in [-0.15, -0.1) is 12.4 Å². The van der Waals surface area contributed by atoms with E-state index in [1.807, 2.05) is 20.8 Å². The van der Waals surface area contributed by atoms with E-state index in [-0.39, 0.29) is 36.2 Å². The molecule has 2 amide bonds. The molecule has 0 aliphatic carbocycles. The molecule has 0 aromatic heterocycles. The van der Waals surface area contributed by atoms with Crippen molar-refractivity contribution in [2.24, 2.45) is 11.7 Å². The van der Waals surface area contributed by atoms with Crippen LogP contribution in [0.2, 0.25) is 0 Å². The Morgan fingerprint density at radius 2 is 1.86 bits per heavy atom. The highest BCUT2D eigenvalue weighted by molar-refractivity contribution is 5.85. The highest BCUT2D eigenvalue weighted by Gasteiger charge is 2.24. The molecular weight excluding hydrogens is 304 g/mol. The number of nitrogens with zero attached hydrogens (tertiary/aromatic N) is 1. The van der Waals surface area contributed by atoms with Crippen molar-refractivity contribution in [3.05, 3.63) is 0 Å². The molecule has 4 N–H and O–H groups in total. The van der Waals surface area contributed by atoms with Crippen molar-refractivity contribution in [3.63, 3.8) is 0 Å². The zero-order valence-electron chi connectivity index (χ0n) is 13.9. The number of nitrogens with one attached hydrogen (secondary N) is 2. The smallest absolute Gasteiger partial charge is 0.237 e. The third-order valence-electron chi connectivity index (χ3n) is 3.89. The maximum atomic E-state index is 11.9. The fourth-order valence-electron chi connectivity index (χ4n) is 2.36. The minimum atomic E-state index is -0.442. The molecule has 1 aliphatic rings. The van der Waals surface area contributed by atoms with Crippen LogP contribution < -0.4 is 16.4 Å². The van der Waals surface area contributed by atoms with Crippen LogP contribution in [0.1, 0.15) is 40.0 Å². The minimum Gasteiger partial charge on any atom is -0.355 e. The SMILES string of the molecule is CCCNC(=O)CN1CCC(NC(=O)[C@@H](N)C(C)C)CC1.Cl. The third-order valence-corrected chi connectivity index (χ3v) is 3.89. The lowest BCUT2D eigenvalue weighted by Crippen LogP contribution is -2.52. The molecule has 1 fully saturated rings. The molecule has 130 valence electrons. The summed E-state index contributed by atoms with van der Waals surface area (Å²) in [5.41, 5.74) is 5.84. The van der Waals surface area contributed by atoms with Gasteiger partial charge in [0.25, 0.3) is 0 Å². The molecule has 1 heterocycles. The lowest BCUT2D eigenvalue weighted by molar-refractivity contribution is -0.125. The minimum absolute atomic E-state index is 0. The van der Waals surface area contributed by atoms with Gasteiger partial charge in [0.15, 0.2) is 0 Å². The first-order valence-corrected chi connectivity index (χ1v) is 7.99. The van der Waals surface area contributed by atoms with E-state index in [0.717, 1.165) is 38.9 Å². The summed E-state index contributed by atoms with van der Waals surface area (Å²) < 4.78 is 0. The van der Waals surface area contributed by atoms with Gasteiger partial charge in [-0.05, 0) is 25.2 Å². The van der Waals surface area contributed by atoms with Crippen LogP contribution in [0.3, 0.4) is 0 Å². The maximum Gasteiger partial charge on any atom is 0.237 e. The second kappa shape index (κ2) is 10.8. The first kappa shape index (κ1) is 21.1. The zero-order chi connectivity index (χ0) is 15.8. The van der Waals surface area contributed by atoms with E-state index in [2.05, 4.69) is 15.5 Å². The number of carbonyl (C=O) groups is 2. The molecule has 6 nitrogen and oxygen atoms in total. The van der Waals surface area contributed by atoms with E-state index >= 15 is 0 Å². The van der Waals surface area contributed by atoms with Gasteiger partial charge in [-0.1, -0.05) is 20.8 Å². The zero-order valence-corrected chi connectivity index (χ0v) is 14.7. The number of amides is 2. The van der Waals surface area contributed by atoms with Crippen molar-refractivity contribution in [2.75, 3.05) is 26.2 Å². The lowest BCUT2D eigenvalue weighted by Gasteiger charge is -2.32. The Morgan fingerprint density at radius 3 is 2.36 bits per heavy atom. The Kier molecular flexibility index (Phi) is 10.4. The molecule has 22 heavy (non-hydrogen) atoms. The van der Waals surface area contributed by atoms with Crippen molar-refractivity contribution in [1.82, 2.24) is 15.5 Å². The molecule has 7 heteroatoms. The molecule has 1 aliphatic heterocycles. The molecule has 1 rings (SSSR count). The fourth-order valence-corrected chi connectivity index (χ4v) is 2.36. The molecule has 0 aromatic rings. The van der Waals surface area contributed by atoms with Crippen LogP contribution in [0.15, 0.2) is 0 Å². The third kappa shape index (κ3) is 7.42. The van der Waals surface area contributed by atoms with E-state index < -0.39 is 6.04 Å². The second-order valence-electron chi connectivity index (χ2n) is 6.18. The van der Waals surface area contributed by atoms with Crippen molar-refractivity contribution in [2.45, 2.75) is 52.1 Å². The van der Waals surface area contributed by atoms with Crippen LogP contribution in [0.5, 0.6) is 0 Å². The fraction of sp³-hybridized carbons (Fsp3) is 0.867. The number of likely N-dealkylation sites (tertiary alicyclic amines) is 1. The Labute approximate surface area is 140 Å². The standard InChI is InChI=1S/C15H30N4O2.ClH/c1-4-7-17-13(20)10-19-8-5-12(6-9-19)18-15(21)14(16)11(2)3;/h11-12,14H,4-10,16H2,1-3H3,(H,17,20)(H,18,21);1H/t14-;/m0./s1. The van der Waals surface area contributed by atoms with E-state index in [9.17, 15) is 9.59 Å². The summed E-state index contributed by atoms with van der Waals surface area (Å²) in [7, 11) is 0. The molecule has 0 unspecified atom stereocenters. The number of halogens is 1. The first-order valence-electron chi connectivity index (χ1n) is 7.99. The summed E-state index contributed by atoms with van der Waals surface area (Å²) in [4.78, 5) is 25.7. The summed E-state index contributed by atoms with van der Waals surface area (Å²) in [5.74, 6) is 0.164. The predicted molar refractivity (Wildman–Crippen MR) is 91.0 cm³/mol. The van der Waals surface area contributed by atoms with Crippen LogP contribution in [0.25, 0.3) is 0 Å². The Balaban J connectivity index is 0.00000441. The average Bonchev–Trinajstić information content (AvgIpc) is 2.46. The number of rotatable bonds is 7. The molecule has 0 radical (unpaired) electrons. The normalized spacial score (nSPS) is 17.7. The summed E-state index contributed by atoms with van der Waals surface area (Å²) >= 11 is 0. The van der Waals surface area contributed by atoms with E-state index in [0.29, 0.717) is 6.54 Å². The van der Waals surface area contributed by atoms with Gasteiger partial charge in [-0.25, -0.2) is 0 Å². The Bertz CT molecular complexity index is 344.